The minimum atomic E-state index is -0.0931. The number of aromatic nitrogens is 1. The van der Waals surface area contributed by atoms with Crippen LogP contribution in [-0.4, -0.2) is 47.5 Å². The van der Waals surface area contributed by atoms with Gasteiger partial charge in [-0.2, -0.15) is 0 Å². The smallest absolute Gasteiger partial charge is 0.239 e. The fourth-order valence-electron chi connectivity index (χ4n) is 3.04. The van der Waals surface area contributed by atoms with Crippen LogP contribution in [0.15, 0.2) is 12.3 Å². The van der Waals surface area contributed by atoms with Gasteiger partial charge in [-0.3, -0.25) is 9.69 Å². The average molecular weight is 329 g/mol. The number of carbonyl (C=O) groups is 1. The van der Waals surface area contributed by atoms with E-state index in [0.29, 0.717) is 34.5 Å². The van der Waals surface area contributed by atoms with Crippen molar-refractivity contribution < 1.29 is 4.79 Å². The number of amides is 1. The highest BCUT2D eigenvalue weighted by Crippen LogP contribution is 2.23. The maximum atomic E-state index is 12.1. The first-order chi connectivity index (χ1) is 10.1. The second-order valence-electron chi connectivity index (χ2n) is 5.69. The van der Waals surface area contributed by atoms with Crippen LogP contribution in [0.2, 0.25) is 10.0 Å². The van der Waals surface area contributed by atoms with E-state index in [2.05, 4.69) is 20.5 Å². The third-order valence-electron chi connectivity index (χ3n) is 4.04. The highest BCUT2D eigenvalue weighted by Gasteiger charge is 2.29. The standard InChI is InChI=1S/C14H18Cl2N4O/c15-9-5-12(16)14(17-6-9)19-13(21)8-20-4-3-10-1-2-11(7-20)18-10/h5-6,10-11,18H,1-4,7-8H2,(H,17,19,21). The van der Waals surface area contributed by atoms with Gasteiger partial charge in [-0.05, 0) is 25.3 Å². The van der Waals surface area contributed by atoms with Gasteiger partial charge in [0, 0.05) is 31.4 Å². The molecule has 5 nitrogen and oxygen atoms in total. The van der Waals surface area contributed by atoms with Crippen molar-refractivity contribution in [3.05, 3.63) is 22.3 Å². The molecule has 0 aromatic carbocycles. The third kappa shape index (κ3) is 3.86. The number of nitrogens with zero attached hydrogens (tertiary/aromatic N) is 2. The summed E-state index contributed by atoms with van der Waals surface area (Å²) in [6.07, 6.45) is 5.03. The Kier molecular flexibility index (Phi) is 4.64. The molecule has 2 atom stereocenters. The Balaban J connectivity index is 1.56. The van der Waals surface area contributed by atoms with Crippen LogP contribution in [-0.2, 0) is 4.79 Å². The zero-order chi connectivity index (χ0) is 14.8. The topological polar surface area (TPSA) is 57.3 Å². The van der Waals surface area contributed by atoms with Crippen LogP contribution in [0.4, 0.5) is 5.82 Å². The molecule has 2 saturated heterocycles. The number of fused-ring (bicyclic) bond motifs is 2. The predicted molar refractivity (Wildman–Crippen MR) is 83.9 cm³/mol. The van der Waals surface area contributed by atoms with Crippen molar-refractivity contribution in [1.82, 2.24) is 15.2 Å². The van der Waals surface area contributed by atoms with Crippen molar-refractivity contribution in [1.29, 1.82) is 0 Å². The minimum Gasteiger partial charge on any atom is -0.310 e. The van der Waals surface area contributed by atoms with Gasteiger partial charge in [-0.15, -0.1) is 0 Å². The fraction of sp³-hybridized carbons (Fsp3) is 0.571. The van der Waals surface area contributed by atoms with Gasteiger partial charge in [0.2, 0.25) is 5.91 Å². The maximum absolute atomic E-state index is 12.1. The quantitative estimate of drug-likeness (QED) is 0.892. The Morgan fingerprint density at radius 3 is 3.00 bits per heavy atom. The summed E-state index contributed by atoms with van der Waals surface area (Å²) in [4.78, 5) is 18.4. The van der Waals surface area contributed by atoms with Gasteiger partial charge in [0.25, 0.3) is 0 Å². The Morgan fingerprint density at radius 1 is 1.38 bits per heavy atom. The Labute approximate surface area is 134 Å². The lowest BCUT2D eigenvalue weighted by atomic mass is 10.1. The number of anilines is 1. The van der Waals surface area contributed by atoms with Gasteiger partial charge >= 0.3 is 0 Å². The molecule has 0 spiro atoms. The average Bonchev–Trinajstić information content (AvgIpc) is 2.76. The third-order valence-corrected chi connectivity index (χ3v) is 4.54. The zero-order valence-corrected chi connectivity index (χ0v) is 13.1. The molecule has 0 aliphatic carbocycles. The molecule has 2 N–H and O–H groups in total. The summed E-state index contributed by atoms with van der Waals surface area (Å²) in [5.74, 6) is 0.269. The first-order valence-corrected chi connectivity index (χ1v) is 7.95. The van der Waals surface area contributed by atoms with Crippen molar-refractivity contribution in [2.75, 3.05) is 25.0 Å². The lowest BCUT2D eigenvalue weighted by molar-refractivity contribution is -0.117. The highest BCUT2D eigenvalue weighted by molar-refractivity contribution is 6.36. The molecule has 2 aliphatic rings. The Morgan fingerprint density at radius 2 is 2.19 bits per heavy atom. The number of nitrogens with one attached hydrogen (secondary N) is 2. The molecule has 2 unspecified atom stereocenters. The van der Waals surface area contributed by atoms with Crippen LogP contribution in [0, 0.1) is 0 Å². The van der Waals surface area contributed by atoms with Crippen LogP contribution in [0.3, 0.4) is 0 Å². The van der Waals surface area contributed by atoms with E-state index in [4.69, 9.17) is 23.2 Å². The van der Waals surface area contributed by atoms with Gasteiger partial charge in [-0.1, -0.05) is 23.2 Å². The number of halogens is 2. The molecule has 7 heteroatoms. The van der Waals surface area contributed by atoms with Crippen LogP contribution < -0.4 is 10.6 Å². The molecule has 21 heavy (non-hydrogen) atoms. The first-order valence-electron chi connectivity index (χ1n) is 7.19. The Hall–Kier alpha value is -0.880. The van der Waals surface area contributed by atoms with E-state index in [1.807, 2.05) is 0 Å². The van der Waals surface area contributed by atoms with E-state index in [0.717, 1.165) is 19.5 Å². The summed E-state index contributed by atoms with van der Waals surface area (Å²) in [7, 11) is 0. The van der Waals surface area contributed by atoms with Gasteiger partial charge in [-0.25, -0.2) is 4.98 Å². The maximum Gasteiger partial charge on any atom is 0.239 e. The monoisotopic (exact) mass is 328 g/mol. The Bertz CT molecular complexity index is 540. The number of rotatable bonds is 3. The molecule has 3 heterocycles. The van der Waals surface area contributed by atoms with E-state index < -0.39 is 0 Å². The van der Waals surface area contributed by atoms with Gasteiger partial charge in [0.1, 0.15) is 0 Å². The largest absolute Gasteiger partial charge is 0.310 e. The van der Waals surface area contributed by atoms with Gasteiger partial charge < -0.3 is 10.6 Å². The molecule has 0 saturated carbocycles. The van der Waals surface area contributed by atoms with Crippen molar-refractivity contribution in [3.63, 3.8) is 0 Å². The second kappa shape index (κ2) is 6.48. The molecule has 2 aliphatic heterocycles. The number of hydrogen-bond acceptors (Lipinski definition) is 4. The van der Waals surface area contributed by atoms with E-state index in [1.54, 1.807) is 6.07 Å². The molecule has 1 aromatic heterocycles. The number of hydrogen-bond donors (Lipinski definition) is 2. The summed E-state index contributed by atoms with van der Waals surface area (Å²) < 4.78 is 0. The van der Waals surface area contributed by atoms with Crippen LogP contribution in [0.1, 0.15) is 19.3 Å². The van der Waals surface area contributed by atoms with Crippen LogP contribution in [0.25, 0.3) is 0 Å². The van der Waals surface area contributed by atoms with Crippen molar-refractivity contribution in [3.8, 4) is 0 Å². The van der Waals surface area contributed by atoms with E-state index in [9.17, 15) is 4.79 Å². The summed E-state index contributed by atoms with van der Waals surface area (Å²) in [6, 6.07) is 2.71. The van der Waals surface area contributed by atoms with Crippen LogP contribution >= 0.6 is 23.2 Å². The molecular weight excluding hydrogens is 311 g/mol. The lowest BCUT2D eigenvalue weighted by Gasteiger charge is -2.23. The van der Waals surface area contributed by atoms with Crippen LogP contribution in [0.5, 0.6) is 0 Å². The molecular formula is C14H18Cl2N4O. The van der Waals surface area contributed by atoms with Crippen molar-refractivity contribution in [2.45, 2.75) is 31.3 Å². The normalized spacial score (nSPS) is 25.6. The number of pyridine rings is 1. The van der Waals surface area contributed by atoms with Crippen molar-refractivity contribution in [2.24, 2.45) is 0 Å². The SMILES string of the molecule is O=C(CN1CCC2CCC(C1)N2)Nc1ncc(Cl)cc1Cl. The van der Waals surface area contributed by atoms with Gasteiger partial charge in [0.15, 0.2) is 5.82 Å². The van der Waals surface area contributed by atoms with Crippen molar-refractivity contribution >= 4 is 34.9 Å². The first kappa shape index (κ1) is 15.0. The van der Waals surface area contributed by atoms with E-state index in [-0.39, 0.29) is 5.91 Å². The zero-order valence-electron chi connectivity index (χ0n) is 11.6. The number of likely N-dealkylation sites (tertiary alicyclic amines) is 1. The molecule has 1 aromatic rings. The lowest BCUT2D eigenvalue weighted by Crippen LogP contribution is -2.39. The summed E-state index contributed by atoms with van der Waals surface area (Å²) in [6.45, 7) is 2.24. The summed E-state index contributed by atoms with van der Waals surface area (Å²) in [5, 5.41) is 7.15. The predicted octanol–water partition coefficient (Wildman–Crippen LogP) is 2.15. The molecule has 3 rings (SSSR count). The molecule has 1 amide bonds. The summed E-state index contributed by atoms with van der Waals surface area (Å²) in [5.41, 5.74) is 0. The summed E-state index contributed by atoms with van der Waals surface area (Å²) >= 11 is 11.8. The van der Waals surface area contributed by atoms with E-state index in [1.165, 1.54) is 19.0 Å². The molecule has 0 radical (unpaired) electrons. The fourth-order valence-corrected chi connectivity index (χ4v) is 3.47. The van der Waals surface area contributed by atoms with E-state index >= 15 is 0 Å². The minimum absolute atomic E-state index is 0.0931. The van der Waals surface area contributed by atoms with Gasteiger partial charge in [0.05, 0.1) is 16.6 Å². The molecule has 2 bridgehead atoms. The highest BCUT2D eigenvalue weighted by atomic mass is 35.5. The number of carbonyl (C=O) groups excluding carboxylic acids is 1. The molecule has 114 valence electrons. The second-order valence-corrected chi connectivity index (χ2v) is 6.54. The molecule has 2 fully saturated rings.